The van der Waals surface area contributed by atoms with Gasteiger partial charge in [0.05, 0.1) is 4.92 Å². The Morgan fingerprint density at radius 2 is 2.10 bits per heavy atom. The number of aromatic carboxylic acids is 1. The van der Waals surface area contributed by atoms with E-state index in [0.717, 1.165) is 0 Å². The van der Waals surface area contributed by atoms with Gasteiger partial charge in [-0.25, -0.2) is 4.79 Å². The van der Waals surface area contributed by atoms with Gasteiger partial charge in [-0.15, -0.1) is 0 Å². The van der Waals surface area contributed by atoms with Gasteiger partial charge in [-0.1, -0.05) is 0 Å². The van der Waals surface area contributed by atoms with Crippen LogP contribution in [0.1, 0.15) is 16.8 Å². The van der Waals surface area contributed by atoms with E-state index in [1.165, 1.54) is 25.2 Å². The minimum atomic E-state index is -1.35. The number of carboxylic acid groups (broad SMARTS) is 1. The van der Waals surface area contributed by atoms with Gasteiger partial charge in [-0.05, 0) is 12.1 Å². The fourth-order valence-corrected chi connectivity index (χ4v) is 1.61. The van der Waals surface area contributed by atoms with E-state index in [2.05, 4.69) is 5.32 Å². The van der Waals surface area contributed by atoms with Crippen LogP contribution >= 0.6 is 0 Å². The molecule has 2 N–H and O–H groups in total. The average Bonchev–Trinajstić information content (AvgIpc) is 2.43. The highest BCUT2D eigenvalue weighted by Crippen LogP contribution is 2.25. The van der Waals surface area contributed by atoms with Crippen molar-refractivity contribution < 1.29 is 19.6 Å². The summed E-state index contributed by atoms with van der Waals surface area (Å²) in [5.41, 5.74) is -0.356. The number of benzene rings is 1. The van der Waals surface area contributed by atoms with Crippen molar-refractivity contribution >= 4 is 23.3 Å². The van der Waals surface area contributed by atoms with E-state index in [4.69, 9.17) is 5.11 Å². The molecule has 108 valence electrons. The molecule has 1 rings (SSSR count). The zero-order valence-corrected chi connectivity index (χ0v) is 11.1. The molecule has 0 radical (unpaired) electrons. The molecule has 0 aliphatic carbocycles. The molecule has 0 unspecified atom stereocenters. The second kappa shape index (κ2) is 6.50. The van der Waals surface area contributed by atoms with Gasteiger partial charge in [-0.3, -0.25) is 14.9 Å². The van der Waals surface area contributed by atoms with E-state index in [9.17, 15) is 19.7 Å². The zero-order valence-electron chi connectivity index (χ0n) is 11.1. The van der Waals surface area contributed by atoms with Crippen LogP contribution in [0.3, 0.4) is 0 Å². The van der Waals surface area contributed by atoms with Crippen LogP contribution in [0.2, 0.25) is 0 Å². The Hall–Kier alpha value is -2.64. The quantitative estimate of drug-likeness (QED) is 0.590. The zero-order chi connectivity index (χ0) is 15.3. The number of nitro benzene ring substituents is 1. The SMILES string of the molecule is CNC(=O)CCN(C)c1ccc(C(=O)O)c([N+](=O)[O-])c1. The third kappa shape index (κ3) is 3.67. The van der Waals surface area contributed by atoms with Crippen molar-refractivity contribution in [3.63, 3.8) is 0 Å². The summed E-state index contributed by atoms with van der Waals surface area (Å²) in [6, 6.07) is 3.85. The molecule has 1 aromatic carbocycles. The van der Waals surface area contributed by atoms with Crippen molar-refractivity contribution in [3.05, 3.63) is 33.9 Å². The predicted molar refractivity (Wildman–Crippen MR) is 72.0 cm³/mol. The summed E-state index contributed by atoms with van der Waals surface area (Å²) in [5, 5.41) is 22.2. The minimum absolute atomic E-state index is 0.145. The molecule has 0 aliphatic rings. The van der Waals surface area contributed by atoms with Crippen molar-refractivity contribution in [2.75, 3.05) is 25.5 Å². The van der Waals surface area contributed by atoms with Gasteiger partial charge in [0.2, 0.25) is 5.91 Å². The number of carboxylic acids is 1. The molecule has 0 saturated heterocycles. The van der Waals surface area contributed by atoms with Crippen LogP contribution in [0.4, 0.5) is 11.4 Å². The van der Waals surface area contributed by atoms with Gasteiger partial charge >= 0.3 is 5.97 Å². The summed E-state index contributed by atoms with van der Waals surface area (Å²) in [6.45, 7) is 0.364. The fraction of sp³-hybridized carbons (Fsp3) is 0.333. The van der Waals surface area contributed by atoms with Crippen molar-refractivity contribution in [1.29, 1.82) is 0 Å². The highest BCUT2D eigenvalue weighted by molar-refractivity contribution is 5.93. The Morgan fingerprint density at radius 1 is 1.45 bits per heavy atom. The normalized spacial score (nSPS) is 9.90. The molecule has 8 heteroatoms. The monoisotopic (exact) mass is 281 g/mol. The number of carbonyl (C=O) groups is 2. The van der Waals surface area contributed by atoms with Crippen molar-refractivity contribution in [3.8, 4) is 0 Å². The summed E-state index contributed by atoms with van der Waals surface area (Å²) >= 11 is 0. The fourth-order valence-electron chi connectivity index (χ4n) is 1.61. The molecule has 0 aliphatic heterocycles. The number of anilines is 1. The summed E-state index contributed by atoms with van der Waals surface area (Å²) in [6.07, 6.45) is 0.238. The van der Waals surface area contributed by atoms with Crippen molar-refractivity contribution in [1.82, 2.24) is 5.32 Å². The second-order valence-corrected chi connectivity index (χ2v) is 4.11. The van der Waals surface area contributed by atoms with Crippen LogP contribution in [0.5, 0.6) is 0 Å². The number of nitrogens with zero attached hydrogens (tertiary/aromatic N) is 2. The number of hydrogen-bond donors (Lipinski definition) is 2. The Bertz CT molecular complexity index is 544. The molecule has 20 heavy (non-hydrogen) atoms. The lowest BCUT2D eigenvalue weighted by atomic mass is 10.1. The topological polar surface area (TPSA) is 113 Å². The highest BCUT2D eigenvalue weighted by Gasteiger charge is 2.21. The molecule has 1 amide bonds. The summed E-state index contributed by atoms with van der Waals surface area (Å²) in [7, 11) is 3.19. The Balaban J connectivity index is 2.97. The van der Waals surface area contributed by atoms with E-state index in [1.54, 1.807) is 11.9 Å². The third-order valence-electron chi connectivity index (χ3n) is 2.80. The van der Waals surface area contributed by atoms with Crippen LogP contribution in [-0.2, 0) is 4.79 Å². The molecule has 0 bridgehead atoms. The molecule has 0 fully saturated rings. The first-order chi connectivity index (χ1) is 9.36. The first-order valence-electron chi connectivity index (χ1n) is 5.80. The second-order valence-electron chi connectivity index (χ2n) is 4.11. The maximum atomic E-state index is 11.1. The van der Waals surface area contributed by atoms with Gasteiger partial charge in [-0.2, -0.15) is 0 Å². The number of nitrogens with one attached hydrogen (secondary N) is 1. The van der Waals surface area contributed by atoms with Gasteiger partial charge in [0.25, 0.3) is 5.69 Å². The summed E-state index contributed by atoms with van der Waals surface area (Å²) in [4.78, 5) is 33.8. The van der Waals surface area contributed by atoms with Gasteiger partial charge in [0, 0.05) is 38.8 Å². The van der Waals surface area contributed by atoms with E-state index < -0.39 is 16.6 Å². The summed E-state index contributed by atoms with van der Waals surface area (Å²) < 4.78 is 0. The van der Waals surface area contributed by atoms with Crippen molar-refractivity contribution in [2.24, 2.45) is 0 Å². The number of carbonyl (C=O) groups excluding carboxylic acids is 1. The van der Waals surface area contributed by atoms with Crippen LogP contribution < -0.4 is 10.2 Å². The Kier molecular flexibility index (Phi) is 5.01. The molecule has 0 spiro atoms. The van der Waals surface area contributed by atoms with Gasteiger partial charge in [0.1, 0.15) is 5.56 Å². The Labute approximate surface area is 115 Å². The number of nitro groups is 1. The largest absolute Gasteiger partial charge is 0.477 e. The third-order valence-corrected chi connectivity index (χ3v) is 2.80. The molecular formula is C12H15N3O5. The minimum Gasteiger partial charge on any atom is -0.477 e. The molecule has 8 nitrogen and oxygen atoms in total. The van der Waals surface area contributed by atoms with Gasteiger partial charge in [0.15, 0.2) is 0 Å². The van der Waals surface area contributed by atoms with Gasteiger partial charge < -0.3 is 15.3 Å². The molecular weight excluding hydrogens is 266 g/mol. The first-order valence-corrected chi connectivity index (χ1v) is 5.80. The van der Waals surface area contributed by atoms with Crippen LogP contribution in [0.15, 0.2) is 18.2 Å². The average molecular weight is 281 g/mol. The standard InChI is InChI=1S/C12H15N3O5/c1-13-11(16)5-6-14(2)8-3-4-9(12(17)18)10(7-8)15(19)20/h3-4,7H,5-6H2,1-2H3,(H,13,16)(H,17,18). The molecule has 0 heterocycles. The molecule has 0 atom stereocenters. The van der Waals surface area contributed by atoms with Crippen molar-refractivity contribution in [2.45, 2.75) is 6.42 Å². The van der Waals surface area contributed by atoms with Crippen LogP contribution in [-0.4, -0.2) is 42.5 Å². The van der Waals surface area contributed by atoms with Crippen LogP contribution in [0.25, 0.3) is 0 Å². The number of hydrogen-bond acceptors (Lipinski definition) is 5. The Morgan fingerprint density at radius 3 is 2.60 bits per heavy atom. The van der Waals surface area contributed by atoms with Crippen LogP contribution in [0, 0.1) is 10.1 Å². The van der Waals surface area contributed by atoms with E-state index in [1.807, 2.05) is 0 Å². The number of amides is 1. The lowest BCUT2D eigenvalue weighted by Crippen LogP contribution is -2.26. The first kappa shape index (κ1) is 15.4. The maximum Gasteiger partial charge on any atom is 0.342 e. The highest BCUT2D eigenvalue weighted by atomic mass is 16.6. The number of rotatable bonds is 6. The smallest absolute Gasteiger partial charge is 0.342 e. The van der Waals surface area contributed by atoms with E-state index >= 15 is 0 Å². The summed E-state index contributed by atoms with van der Waals surface area (Å²) in [5.74, 6) is -1.50. The molecule has 0 saturated carbocycles. The van der Waals surface area contributed by atoms with E-state index in [-0.39, 0.29) is 17.9 Å². The maximum absolute atomic E-state index is 11.1. The predicted octanol–water partition coefficient (Wildman–Crippen LogP) is 0.865. The van der Waals surface area contributed by atoms with E-state index in [0.29, 0.717) is 12.2 Å². The lowest BCUT2D eigenvalue weighted by Gasteiger charge is -2.18. The molecule has 0 aromatic heterocycles. The molecule has 1 aromatic rings. The lowest BCUT2D eigenvalue weighted by molar-refractivity contribution is -0.385.